The summed E-state index contributed by atoms with van der Waals surface area (Å²) in [5.41, 5.74) is 2.41. The van der Waals surface area contributed by atoms with Gasteiger partial charge in [0.15, 0.2) is 0 Å². The predicted molar refractivity (Wildman–Crippen MR) is 122 cm³/mol. The van der Waals surface area contributed by atoms with E-state index in [-0.39, 0.29) is 0 Å². The Labute approximate surface area is 177 Å². The minimum Gasteiger partial charge on any atom is -0.492 e. The van der Waals surface area contributed by atoms with Crippen molar-refractivity contribution in [2.75, 3.05) is 30.3 Å². The third-order valence-electron chi connectivity index (χ3n) is 4.73. The second-order valence-corrected chi connectivity index (χ2v) is 8.03. The van der Waals surface area contributed by atoms with Crippen LogP contribution in [-0.4, -0.2) is 25.4 Å². The van der Waals surface area contributed by atoms with E-state index in [1.165, 1.54) is 10.6 Å². The van der Waals surface area contributed by atoms with Crippen molar-refractivity contribution in [1.29, 1.82) is 0 Å². The SMILES string of the molecule is C/C(=C\c1ccc(OCCN2CCSc3ccccc32)cc1)Oc1ccccc1. The number of thioether (sulfide) groups is 1. The Hall–Kier alpha value is -2.85. The summed E-state index contributed by atoms with van der Waals surface area (Å²) >= 11 is 1.93. The summed E-state index contributed by atoms with van der Waals surface area (Å²) in [4.78, 5) is 3.77. The first-order valence-electron chi connectivity index (χ1n) is 9.89. The molecule has 29 heavy (non-hydrogen) atoms. The van der Waals surface area contributed by atoms with Crippen molar-refractivity contribution >= 4 is 23.5 Å². The molecule has 0 saturated carbocycles. The van der Waals surface area contributed by atoms with Crippen LogP contribution in [0.2, 0.25) is 0 Å². The lowest BCUT2D eigenvalue weighted by Crippen LogP contribution is -2.33. The van der Waals surface area contributed by atoms with E-state index in [2.05, 4.69) is 41.3 Å². The number of rotatable bonds is 7. The topological polar surface area (TPSA) is 21.7 Å². The van der Waals surface area contributed by atoms with Crippen LogP contribution in [0.1, 0.15) is 12.5 Å². The van der Waals surface area contributed by atoms with E-state index in [4.69, 9.17) is 9.47 Å². The van der Waals surface area contributed by atoms with Gasteiger partial charge in [0.1, 0.15) is 23.9 Å². The maximum atomic E-state index is 5.98. The molecule has 3 aromatic rings. The zero-order valence-electron chi connectivity index (χ0n) is 16.6. The number of para-hydroxylation sites is 2. The van der Waals surface area contributed by atoms with E-state index in [1.54, 1.807) is 0 Å². The molecular weight excluding hydrogens is 378 g/mol. The normalized spacial score (nSPS) is 13.7. The van der Waals surface area contributed by atoms with Crippen LogP contribution in [0.3, 0.4) is 0 Å². The average Bonchev–Trinajstić information content (AvgIpc) is 2.76. The standard InChI is InChI=1S/C25H25NO2S/c1-20(28-23-7-3-2-4-8-23)19-21-11-13-22(14-12-21)27-17-15-26-16-18-29-25-10-6-5-9-24(25)26/h2-14,19H,15-18H2,1H3/b20-19+. The zero-order chi connectivity index (χ0) is 19.9. The molecule has 0 N–H and O–H groups in total. The number of hydrogen-bond acceptors (Lipinski definition) is 4. The van der Waals surface area contributed by atoms with Gasteiger partial charge in [0, 0.05) is 17.2 Å². The fourth-order valence-corrected chi connectivity index (χ4v) is 4.38. The second-order valence-electron chi connectivity index (χ2n) is 6.89. The fourth-order valence-electron chi connectivity index (χ4n) is 3.33. The van der Waals surface area contributed by atoms with Crippen molar-refractivity contribution in [3.05, 3.63) is 90.2 Å². The molecule has 0 bridgehead atoms. The number of benzene rings is 3. The lowest BCUT2D eigenvalue weighted by atomic mass is 10.2. The van der Waals surface area contributed by atoms with Crippen LogP contribution >= 0.6 is 11.8 Å². The van der Waals surface area contributed by atoms with E-state index >= 15 is 0 Å². The molecule has 1 aliphatic rings. The molecule has 0 aromatic heterocycles. The Morgan fingerprint density at radius 1 is 0.931 bits per heavy atom. The summed E-state index contributed by atoms with van der Waals surface area (Å²) in [5.74, 6) is 3.72. The molecule has 0 fully saturated rings. The molecule has 0 saturated heterocycles. The van der Waals surface area contributed by atoms with Gasteiger partial charge in [-0.3, -0.25) is 0 Å². The van der Waals surface area contributed by atoms with Crippen LogP contribution in [0, 0.1) is 0 Å². The van der Waals surface area contributed by atoms with Crippen LogP contribution in [0.25, 0.3) is 6.08 Å². The largest absolute Gasteiger partial charge is 0.492 e. The van der Waals surface area contributed by atoms with Crippen LogP contribution < -0.4 is 14.4 Å². The fraction of sp³-hybridized carbons (Fsp3) is 0.200. The van der Waals surface area contributed by atoms with Crippen LogP contribution in [-0.2, 0) is 0 Å². The van der Waals surface area contributed by atoms with Gasteiger partial charge in [-0.1, -0.05) is 42.5 Å². The zero-order valence-corrected chi connectivity index (χ0v) is 17.4. The number of allylic oxidation sites excluding steroid dienone is 1. The van der Waals surface area contributed by atoms with E-state index in [9.17, 15) is 0 Å². The molecule has 4 rings (SSSR count). The van der Waals surface area contributed by atoms with E-state index in [1.807, 2.05) is 67.2 Å². The number of fused-ring (bicyclic) bond motifs is 1. The van der Waals surface area contributed by atoms with Gasteiger partial charge in [0.25, 0.3) is 0 Å². The van der Waals surface area contributed by atoms with Crippen molar-refractivity contribution in [3.8, 4) is 11.5 Å². The summed E-state index contributed by atoms with van der Waals surface area (Å²) < 4.78 is 11.8. The first-order chi connectivity index (χ1) is 14.3. The molecule has 0 atom stereocenters. The molecule has 0 amide bonds. The Morgan fingerprint density at radius 2 is 1.69 bits per heavy atom. The summed E-state index contributed by atoms with van der Waals surface area (Å²) in [6.07, 6.45) is 2.03. The van der Waals surface area contributed by atoms with Gasteiger partial charge < -0.3 is 14.4 Å². The summed E-state index contributed by atoms with van der Waals surface area (Å²) in [6, 6.07) is 26.6. The summed E-state index contributed by atoms with van der Waals surface area (Å²) in [6.45, 7) is 4.59. The highest BCUT2D eigenvalue weighted by Crippen LogP contribution is 2.34. The third-order valence-corrected chi connectivity index (χ3v) is 5.77. The Balaban J connectivity index is 1.29. The number of ether oxygens (including phenoxy) is 2. The van der Waals surface area contributed by atoms with Gasteiger partial charge in [0.05, 0.1) is 12.2 Å². The first kappa shape index (κ1) is 19.5. The smallest absolute Gasteiger partial charge is 0.126 e. The lowest BCUT2D eigenvalue weighted by molar-refractivity contribution is 0.324. The Kier molecular flexibility index (Phi) is 6.42. The van der Waals surface area contributed by atoms with Gasteiger partial charge in [-0.15, -0.1) is 11.8 Å². The lowest BCUT2D eigenvalue weighted by Gasteiger charge is -2.30. The van der Waals surface area contributed by atoms with E-state index < -0.39 is 0 Å². The highest BCUT2D eigenvalue weighted by Gasteiger charge is 2.16. The number of anilines is 1. The van der Waals surface area contributed by atoms with Gasteiger partial charge in [0.2, 0.25) is 0 Å². The number of hydrogen-bond donors (Lipinski definition) is 0. The highest BCUT2D eigenvalue weighted by molar-refractivity contribution is 7.99. The van der Waals surface area contributed by atoms with Crippen molar-refractivity contribution < 1.29 is 9.47 Å². The highest BCUT2D eigenvalue weighted by atomic mass is 32.2. The third kappa shape index (κ3) is 5.36. The molecule has 0 spiro atoms. The summed E-state index contributed by atoms with van der Waals surface area (Å²) in [5, 5.41) is 0. The maximum Gasteiger partial charge on any atom is 0.126 e. The van der Waals surface area contributed by atoms with Gasteiger partial charge in [-0.2, -0.15) is 0 Å². The molecule has 3 nitrogen and oxygen atoms in total. The summed E-state index contributed by atoms with van der Waals surface area (Å²) in [7, 11) is 0. The van der Waals surface area contributed by atoms with Crippen molar-refractivity contribution in [2.24, 2.45) is 0 Å². The quantitative estimate of drug-likeness (QED) is 0.443. The van der Waals surface area contributed by atoms with Gasteiger partial charge in [-0.05, 0) is 55.0 Å². The van der Waals surface area contributed by atoms with E-state index in [0.29, 0.717) is 6.61 Å². The van der Waals surface area contributed by atoms with Gasteiger partial charge in [-0.25, -0.2) is 0 Å². The molecule has 148 valence electrons. The molecular formula is C25H25NO2S. The minimum atomic E-state index is 0.671. The molecule has 0 radical (unpaired) electrons. The van der Waals surface area contributed by atoms with Crippen LogP contribution in [0.15, 0.2) is 89.5 Å². The number of nitrogens with zero attached hydrogens (tertiary/aromatic N) is 1. The van der Waals surface area contributed by atoms with Gasteiger partial charge >= 0.3 is 0 Å². The molecule has 0 unspecified atom stereocenters. The van der Waals surface area contributed by atoms with Crippen molar-refractivity contribution in [1.82, 2.24) is 0 Å². The minimum absolute atomic E-state index is 0.671. The van der Waals surface area contributed by atoms with E-state index in [0.717, 1.165) is 41.7 Å². The average molecular weight is 404 g/mol. The maximum absolute atomic E-state index is 5.98. The molecule has 3 aromatic carbocycles. The molecule has 0 aliphatic carbocycles. The monoisotopic (exact) mass is 403 g/mol. The van der Waals surface area contributed by atoms with Crippen molar-refractivity contribution in [2.45, 2.75) is 11.8 Å². The van der Waals surface area contributed by atoms with Crippen molar-refractivity contribution in [3.63, 3.8) is 0 Å². The first-order valence-corrected chi connectivity index (χ1v) is 10.9. The molecule has 1 heterocycles. The Morgan fingerprint density at radius 3 is 2.52 bits per heavy atom. The van der Waals surface area contributed by atoms with Crippen LogP contribution in [0.4, 0.5) is 5.69 Å². The van der Waals surface area contributed by atoms with Crippen LogP contribution in [0.5, 0.6) is 11.5 Å². The second kappa shape index (κ2) is 9.57. The predicted octanol–water partition coefficient (Wildman–Crippen LogP) is 6.12. The molecule has 4 heteroatoms. The molecule has 1 aliphatic heterocycles. The Bertz CT molecular complexity index is 954.